The Kier molecular flexibility index (Phi) is 4.07. The molecule has 0 aliphatic rings. The molecule has 3 aromatic rings. The molecule has 0 saturated carbocycles. The smallest absolute Gasteiger partial charge is 0.258 e. The Morgan fingerprint density at radius 2 is 2.24 bits per heavy atom. The van der Waals surface area contributed by atoms with Gasteiger partial charge >= 0.3 is 0 Å². The molecular formula is C12H12ClN7S. The van der Waals surface area contributed by atoms with E-state index >= 15 is 0 Å². The van der Waals surface area contributed by atoms with E-state index in [1.54, 1.807) is 11.3 Å². The van der Waals surface area contributed by atoms with Crippen LogP contribution < -0.4 is 4.90 Å². The standard InChI is InChI=1S/C12H12ClN7S/c1-2-19(6-9-4-3-5-21-9)11-16-10(13)17-12(18-11)20-8-14-7-15-20/h3-5,7-8H,2,6H2,1H3. The zero-order valence-corrected chi connectivity index (χ0v) is 12.8. The summed E-state index contributed by atoms with van der Waals surface area (Å²) in [5, 5.41) is 6.19. The Hall–Kier alpha value is -2.06. The second kappa shape index (κ2) is 6.15. The number of hydrogen-bond acceptors (Lipinski definition) is 7. The van der Waals surface area contributed by atoms with Crippen LogP contribution in [0.3, 0.4) is 0 Å². The zero-order chi connectivity index (χ0) is 14.7. The molecule has 3 heterocycles. The lowest BCUT2D eigenvalue weighted by Crippen LogP contribution is -2.24. The maximum atomic E-state index is 6.00. The van der Waals surface area contributed by atoms with E-state index in [1.807, 2.05) is 23.3 Å². The largest absolute Gasteiger partial charge is 0.336 e. The van der Waals surface area contributed by atoms with Gasteiger partial charge in [0.05, 0.1) is 6.54 Å². The molecule has 0 N–H and O–H groups in total. The van der Waals surface area contributed by atoms with Crippen LogP contribution in [-0.4, -0.2) is 36.3 Å². The van der Waals surface area contributed by atoms with Crippen molar-refractivity contribution in [3.63, 3.8) is 0 Å². The van der Waals surface area contributed by atoms with Crippen molar-refractivity contribution in [2.24, 2.45) is 0 Å². The van der Waals surface area contributed by atoms with Gasteiger partial charge in [0.25, 0.3) is 5.95 Å². The predicted molar refractivity (Wildman–Crippen MR) is 80.8 cm³/mol. The highest BCUT2D eigenvalue weighted by atomic mass is 35.5. The van der Waals surface area contributed by atoms with E-state index in [0.29, 0.717) is 11.9 Å². The van der Waals surface area contributed by atoms with Crippen molar-refractivity contribution in [1.82, 2.24) is 29.7 Å². The van der Waals surface area contributed by atoms with E-state index in [2.05, 4.69) is 31.1 Å². The first-order valence-corrected chi connectivity index (χ1v) is 7.56. The van der Waals surface area contributed by atoms with Crippen LogP contribution in [0.25, 0.3) is 5.95 Å². The summed E-state index contributed by atoms with van der Waals surface area (Å²) in [6.45, 7) is 3.53. The van der Waals surface area contributed by atoms with Crippen LogP contribution in [0, 0.1) is 0 Å². The zero-order valence-electron chi connectivity index (χ0n) is 11.2. The van der Waals surface area contributed by atoms with Crippen molar-refractivity contribution in [3.8, 4) is 5.95 Å². The monoisotopic (exact) mass is 321 g/mol. The lowest BCUT2D eigenvalue weighted by Gasteiger charge is -2.20. The average molecular weight is 322 g/mol. The summed E-state index contributed by atoms with van der Waals surface area (Å²) in [5.41, 5.74) is 0. The number of nitrogens with zero attached hydrogens (tertiary/aromatic N) is 7. The van der Waals surface area contributed by atoms with Crippen molar-refractivity contribution in [2.45, 2.75) is 13.5 Å². The minimum atomic E-state index is 0.134. The van der Waals surface area contributed by atoms with Gasteiger partial charge in [-0.25, -0.2) is 4.98 Å². The number of thiophene rings is 1. The van der Waals surface area contributed by atoms with Gasteiger partial charge in [0.1, 0.15) is 12.7 Å². The summed E-state index contributed by atoms with van der Waals surface area (Å²) < 4.78 is 1.45. The maximum Gasteiger partial charge on any atom is 0.258 e. The van der Waals surface area contributed by atoms with Gasteiger partial charge < -0.3 is 4.90 Å². The highest BCUT2D eigenvalue weighted by molar-refractivity contribution is 7.09. The van der Waals surface area contributed by atoms with Crippen molar-refractivity contribution < 1.29 is 0 Å². The summed E-state index contributed by atoms with van der Waals surface area (Å²) in [6, 6.07) is 4.10. The predicted octanol–water partition coefficient (Wildman–Crippen LogP) is 2.19. The molecule has 0 aliphatic carbocycles. The van der Waals surface area contributed by atoms with Crippen LogP contribution in [0.1, 0.15) is 11.8 Å². The van der Waals surface area contributed by atoms with E-state index in [4.69, 9.17) is 11.6 Å². The van der Waals surface area contributed by atoms with Crippen molar-refractivity contribution in [3.05, 3.63) is 40.3 Å². The molecule has 0 amide bonds. The van der Waals surface area contributed by atoms with Crippen molar-refractivity contribution in [2.75, 3.05) is 11.4 Å². The summed E-state index contributed by atoms with van der Waals surface area (Å²) in [4.78, 5) is 19.8. The van der Waals surface area contributed by atoms with Crippen LogP contribution in [-0.2, 0) is 6.54 Å². The number of halogens is 1. The molecule has 0 fully saturated rings. The molecule has 0 saturated heterocycles. The van der Waals surface area contributed by atoms with Gasteiger partial charge in [-0.2, -0.15) is 24.7 Å². The first-order chi connectivity index (χ1) is 10.3. The minimum absolute atomic E-state index is 0.134. The molecule has 108 valence electrons. The second-order valence-electron chi connectivity index (χ2n) is 4.14. The highest BCUT2D eigenvalue weighted by Crippen LogP contribution is 2.18. The van der Waals surface area contributed by atoms with E-state index in [1.165, 1.54) is 22.2 Å². The molecule has 0 spiro atoms. The SMILES string of the molecule is CCN(Cc1cccs1)c1nc(Cl)nc(-n2cncn2)n1. The Labute approximate surface area is 130 Å². The normalized spacial score (nSPS) is 10.8. The summed E-state index contributed by atoms with van der Waals surface area (Å²) in [7, 11) is 0. The van der Waals surface area contributed by atoms with Gasteiger partial charge in [-0.15, -0.1) is 11.3 Å². The van der Waals surface area contributed by atoms with Crippen LogP contribution in [0.2, 0.25) is 5.28 Å². The first-order valence-electron chi connectivity index (χ1n) is 6.30. The van der Waals surface area contributed by atoms with E-state index < -0.39 is 0 Å². The molecule has 0 atom stereocenters. The van der Waals surface area contributed by atoms with Crippen LogP contribution in [0.15, 0.2) is 30.2 Å². The van der Waals surface area contributed by atoms with Gasteiger partial charge in [-0.05, 0) is 30.0 Å². The molecule has 9 heteroatoms. The second-order valence-corrected chi connectivity index (χ2v) is 5.51. The Balaban J connectivity index is 1.93. The topological polar surface area (TPSA) is 72.6 Å². The fourth-order valence-corrected chi connectivity index (χ4v) is 2.67. The first kappa shape index (κ1) is 13.9. The third kappa shape index (κ3) is 3.17. The van der Waals surface area contributed by atoms with Crippen molar-refractivity contribution >= 4 is 28.9 Å². The van der Waals surface area contributed by atoms with Crippen LogP contribution in [0.5, 0.6) is 0 Å². The lowest BCUT2D eigenvalue weighted by molar-refractivity contribution is 0.751. The fourth-order valence-electron chi connectivity index (χ4n) is 1.80. The van der Waals surface area contributed by atoms with Gasteiger partial charge in [0.2, 0.25) is 11.2 Å². The molecule has 3 rings (SSSR count). The molecular weight excluding hydrogens is 310 g/mol. The Bertz CT molecular complexity index is 698. The summed E-state index contributed by atoms with van der Waals surface area (Å²) in [6.07, 6.45) is 2.94. The number of anilines is 1. The third-order valence-corrected chi connectivity index (χ3v) is 3.83. The Morgan fingerprint density at radius 3 is 2.90 bits per heavy atom. The maximum absolute atomic E-state index is 6.00. The van der Waals surface area contributed by atoms with E-state index in [0.717, 1.165) is 13.1 Å². The molecule has 0 bridgehead atoms. The van der Waals surface area contributed by atoms with Crippen LogP contribution >= 0.6 is 22.9 Å². The quantitative estimate of drug-likeness (QED) is 0.717. The fraction of sp³-hybridized carbons (Fsp3) is 0.250. The van der Waals surface area contributed by atoms with E-state index in [9.17, 15) is 0 Å². The van der Waals surface area contributed by atoms with Gasteiger partial charge in [-0.3, -0.25) is 0 Å². The van der Waals surface area contributed by atoms with Gasteiger partial charge in [0, 0.05) is 11.4 Å². The number of hydrogen-bond donors (Lipinski definition) is 0. The average Bonchev–Trinajstić information content (AvgIpc) is 3.17. The van der Waals surface area contributed by atoms with Gasteiger partial charge in [-0.1, -0.05) is 6.07 Å². The summed E-state index contributed by atoms with van der Waals surface area (Å²) >= 11 is 7.70. The molecule has 0 aliphatic heterocycles. The number of aromatic nitrogens is 6. The Morgan fingerprint density at radius 1 is 1.33 bits per heavy atom. The third-order valence-electron chi connectivity index (χ3n) is 2.80. The van der Waals surface area contributed by atoms with Crippen molar-refractivity contribution in [1.29, 1.82) is 0 Å². The highest BCUT2D eigenvalue weighted by Gasteiger charge is 2.13. The molecule has 0 aromatic carbocycles. The van der Waals surface area contributed by atoms with Crippen LogP contribution in [0.4, 0.5) is 5.95 Å². The molecule has 0 radical (unpaired) electrons. The summed E-state index contributed by atoms with van der Waals surface area (Å²) in [5.74, 6) is 0.878. The molecule has 3 aromatic heterocycles. The lowest BCUT2D eigenvalue weighted by atomic mass is 10.4. The van der Waals surface area contributed by atoms with Gasteiger partial charge in [0.15, 0.2) is 0 Å². The molecule has 0 unspecified atom stereocenters. The molecule has 7 nitrogen and oxygen atoms in total. The van der Waals surface area contributed by atoms with E-state index in [-0.39, 0.29) is 5.28 Å². The molecule has 21 heavy (non-hydrogen) atoms. The number of rotatable bonds is 5. The minimum Gasteiger partial charge on any atom is -0.336 e.